The highest BCUT2D eigenvalue weighted by molar-refractivity contribution is 5.86. The van der Waals surface area contributed by atoms with Gasteiger partial charge in [0, 0.05) is 35.8 Å². The van der Waals surface area contributed by atoms with Crippen molar-refractivity contribution in [1.82, 2.24) is 19.9 Å². The van der Waals surface area contributed by atoms with Gasteiger partial charge in [0.15, 0.2) is 5.82 Å². The molecule has 0 unspecified atom stereocenters. The molecule has 0 aliphatic rings. The van der Waals surface area contributed by atoms with E-state index in [9.17, 15) is 8.78 Å². The van der Waals surface area contributed by atoms with Crippen LogP contribution in [0.5, 0.6) is 0 Å². The predicted molar refractivity (Wildman–Crippen MR) is 124 cm³/mol. The lowest BCUT2D eigenvalue weighted by Crippen LogP contribution is -2.04. The lowest BCUT2D eigenvalue weighted by Gasteiger charge is -2.10. The van der Waals surface area contributed by atoms with Gasteiger partial charge in [0.1, 0.15) is 17.2 Å². The van der Waals surface area contributed by atoms with Gasteiger partial charge in [0.2, 0.25) is 0 Å². The molecule has 5 aromatic rings. The lowest BCUT2D eigenvalue weighted by molar-refractivity contribution is 0.628. The summed E-state index contributed by atoms with van der Waals surface area (Å²) >= 11 is 0. The Kier molecular flexibility index (Phi) is 5.44. The largest absolute Gasteiger partial charge is 0.364 e. The summed E-state index contributed by atoms with van der Waals surface area (Å²) in [5.74, 6) is -0.0888. The summed E-state index contributed by atoms with van der Waals surface area (Å²) in [6, 6.07) is 16.8. The predicted octanol–water partition coefficient (Wildman–Crippen LogP) is 5.95. The Hall–Kier alpha value is -4.26. The third-order valence-corrected chi connectivity index (χ3v) is 5.28. The van der Waals surface area contributed by atoms with Crippen molar-refractivity contribution in [1.29, 1.82) is 0 Å². The molecule has 0 bridgehead atoms. The Morgan fingerprint density at radius 1 is 0.848 bits per heavy atom. The molecule has 0 saturated carbocycles. The van der Waals surface area contributed by atoms with Crippen molar-refractivity contribution in [3.05, 3.63) is 102 Å². The molecule has 7 heteroatoms. The van der Waals surface area contributed by atoms with Crippen molar-refractivity contribution in [2.45, 2.75) is 13.5 Å². The summed E-state index contributed by atoms with van der Waals surface area (Å²) < 4.78 is 28.3. The summed E-state index contributed by atoms with van der Waals surface area (Å²) in [5, 5.41) is 3.22. The molecular weight excluding hydrogens is 420 g/mol. The highest BCUT2D eigenvalue weighted by Crippen LogP contribution is 2.26. The number of anilines is 1. The Morgan fingerprint density at radius 2 is 1.73 bits per heavy atom. The van der Waals surface area contributed by atoms with Crippen LogP contribution in [0.1, 0.15) is 11.3 Å². The van der Waals surface area contributed by atoms with E-state index in [2.05, 4.69) is 25.3 Å². The molecular formula is C26H19F2N5. The van der Waals surface area contributed by atoms with E-state index in [1.165, 1.54) is 18.2 Å². The van der Waals surface area contributed by atoms with Gasteiger partial charge in [-0.1, -0.05) is 24.3 Å². The zero-order valence-corrected chi connectivity index (χ0v) is 17.8. The number of fused-ring (bicyclic) bond motifs is 1. The summed E-state index contributed by atoms with van der Waals surface area (Å²) in [4.78, 5) is 17.6. The van der Waals surface area contributed by atoms with Crippen LogP contribution in [0.2, 0.25) is 0 Å². The molecule has 3 aromatic heterocycles. The Balaban J connectivity index is 1.38. The first-order valence-electron chi connectivity index (χ1n) is 10.4. The van der Waals surface area contributed by atoms with Gasteiger partial charge in [-0.2, -0.15) is 0 Å². The minimum atomic E-state index is -0.330. The number of pyridine rings is 2. The van der Waals surface area contributed by atoms with Gasteiger partial charge < -0.3 is 5.32 Å². The summed E-state index contributed by atoms with van der Waals surface area (Å²) in [6.45, 7) is 2.24. The third kappa shape index (κ3) is 4.39. The van der Waals surface area contributed by atoms with Crippen LogP contribution in [0.25, 0.3) is 33.4 Å². The summed E-state index contributed by atoms with van der Waals surface area (Å²) in [6.07, 6.45) is 4.89. The van der Waals surface area contributed by atoms with Gasteiger partial charge in [-0.25, -0.2) is 23.7 Å². The van der Waals surface area contributed by atoms with Crippen LogP contribution in [0.3, 0.4) is 0 Å². The highest BCUT2D eigenvalue weighted by atomic mass is 19.1. The number of rotatable bonds is 5. The fourth-order valence-electron chi connectivity index (χ4n) is 3.66. The lowest BCUT2D eigenvalue weighted by atomic mass is 10.0. The van der Waals surface area contributed by atoms with Crippen molar-refractivity contribution >= 4 is 16.9 Å². The molecule has 0 amide bonds. The second kappa shape index (κ2) is 8.70. The van der Waals surface area contributed by atoms with E-state index in [0.29, 0.717) is 40.2 Å². The number of nitrogens with one attached hydrogen (secondary N) is 1. The number of benzene rings is 2. The molecule has 2 aromatic carbocycles. The molecule has 1 N–H and O–H groups in total. The van der Waals surface area contributed by atoms with E-state index in [1.54, 1.807) is 48.9 Å². The number of halogens is 2. The molecule has 0 radical (unpaired) electrons. The minimum Gasteiger partial charge on any atom is -0.364 e. The van der Waals surface area contributed by atoms with Crippen molar-refractivity contribution in [3.63, 3.8) is 0 Å². The normalized spacial score (nSPS) is 11.0. The summed E-state index contributed by atoms with van der Waals surface area (Å²) in [5.41, 5.74) is 5.36. The zero-order valence-electron chi connectivity index (χ0n) is 17.8. The molecule has 0 fully saturated rings. The maximum Gasteiger partial charge on any atom is 0.154 e. The van der Waals surface area contributed by atoms with E-state index in [1.807, 2.05) is 19.1 Å². The monoisotopic (exact) mass is 439 g/mol. The van der Waals surface area contributed by atoms with Crippen LogP contribution in [-0.2, 0) is 6.54 Å². The van der Waals surface area contributed by atoms with Crippen molar-refractivity contribution in [3.8, 4) is 22.4 Å². The molecule has 5 nitrogen and oxygen atoms in total. The second-order valence-electron chi connectivity index (χ2n) is 7.65. The smallest absolute Gasteiger partial charge is 0.154 e. The molecule has 33 heavy (non-hydrogen) atoms. The van der Waals surface area contributed by atoms with Crippen LogP contribution in [0, 0.1) is 18.6 Å². The first-order chi connectivity index (χ1) is 16.1. The molecule has 0 aliphatic carbocycles. The molecule has 162 valence electrons. The fraction of sp³-hybridized carbons (Fsp3) is 0.0769. The van der Waals surface area contributed by atoms with Crippen LogP contribution >= 0.6 is 0 Å². The Labute approximate surface area is 189 Å². The van der Waals surface area contributed by atoms with Gasteiger partial charge in [0.05, 0.1) is 17.4 Å². The number of hydrogen-bond donors (Lipinski definition) is 1. The Bertz CT molecular complexity index is 1470. The molecule has 0 aliphatic heterocycles. The second-order valence-corrected chi connectivity index (χ2v) is 7.65. The number of hydrogen-bond acceptors (Lipinski definition) is 5. The number of aryl methyl sites for hydroxylation is 1. The number of nitrogens with zero attached hydrogens (tertiary/aromatic N) is 4. The molecule has 0 spiro atoms. The first kappa shape index (κ1) is 20.6. The van der Waals surface area contributed by atoms with Crippen LogP contribution in [-0.4, -0.2) is 19.9 Å². The molecule has 3 heterocycles. The SMILES string of the molecule is Cc1cc(-c2ccc(CNc3nccc4nc(-c5cccc(F)c5)cnc34)cc2F)ccn1. The van der Waals surface area contributed by atoms with E-state index in [-0.39, 0.29) is 11.6 Å². The Morgan fingerprint density at radius 3 is 2.55 bits per heavy atom. The zero-order chi connectivity index (χ0) is 22.8. The quantitative estimate of drug-likeness (QED) is 0.366. The van der Waals surface area contributed by atoms with Gasteiger partial charge in [-0.15, -0.1) is 0 Å². The molecule has 0 atom stereocenters. The molecule has 5 rings (SSSR count). The van der Waals surface area contributed by atoms with Crippen molar-refractivity contribution < 1.29 is 8.78 Å². The van der Waals surface area contributed by atoms with Crippen LogP contribution < -0.4 is 5.32 Å². The van der Waals surface area contributed by atoms with E-state index in [4.69, 9.17) is 0 Å². The maximum absolute atomic E-state index is 14.8. The van der Waals surface area contributed by atoms with Gasteiger partial charge in [-0.3, -0.25) is 4.98 Å². The summed E-state index contributed by atoms with van der Waals surface area (Å²) in [7, 11) is 0. The van der Waals surface area contributed by atoms with Crippen LogP contribution in [0.4, 0.5) is 14.6 Å². The van der Waals surface area contributed by atoms with Crippen LogP contribution in [0.15, 0.2) is 79.3 Å². The minimum absolute atomic E-state index is 0.301. The van der Waals surface area contributed by atoms with Crippen molar-refractivity contribution in [2.75, 3.05) is 5.32 Å². The fourth-order valence-corrected chi connectivity index (χ4v) is 3.66. The third-order valence-electron chi connectivity index (χ3n) is 5.28. The highest BCUT2D eigenvalue weighted by Gasteiger charge is 2.10. The number of aromatic nitrogens is 4. The molecule has 0 saturated heterocycles. The average molecular weight is 439 g/mol. The van der Waals surface area contributed by atoms with Gasteiger partial charge >= 0.3 is 0 Å². The van der Waals surface area contributed by atoms with E-state index in [0.717, 1.165) is 16.8 Å². The standard InChI is InChI=1S/C26H19F2N5/c1-16-11-18(7-9-29-16)21-6-5-17(12-22(21)28)14-32-26-25-23(8-10-30-26)33-24(15-31-25)19-3-2-4-20(27)13-19/h2-13,15H,14H2,1H3,(H,30,32). The first-order valence-corrected chi connectivity index (χ1v) is 10.4. The topological polar surface area (TPSA) is 63.6 Å². The van der Waals surface area contributed by atoms with Gasteiger partial charge in [-0.05, 0) is 54.4 Å². The van der Waals surface area contributed by atoms with E-state index < -0.39 is 0 Å². The van der Waals surface area contributed by atoms with E-state index >= 15 is 0 Å². The van der Waals surface area contributed by atoms with Crippen molar-refractivity contribution in [2.24, 2.45) is 0 Å². The average Bonchev–Trinajstić information content (AvgIpc) is 2.82. The maximum atomic E-state index is 14.8. The van der Waals surface area contributed by atoms with Gasteiger partial charge in [0.25, 0.3) is 0 Å².